The van der Waals surface area contributed by atoms with Crippen molar-refractivity contribution in [2.45, 2.75) is 26.0 Å². The van der Waals surface area contributed by atoms with Crippen LogP contribution in [0.25, 0.3) is 0 Å². The van der Waals surface area contributed by atoms with E-state index in [0.29, 0.717) is 16.5 Å². The van der Waals surface area contributed by atoms with Crippen LogP contribution >= 0.6 is 34.2 Å². The van der Waals surface area contributed by atoms with Crippen LogP contribution in [0.1, 0.15) is 30.7 Å². The van der Waals surface area contributed by atoms with Crippen molar-refractivity contribution in [1.82, 2.24) is 9.78 Å². The zero-order valence-corrected chi connectivity index (χ0v) is 14.2. The highest BCUT2D eigenvalue weighted by atomic mass is 127. The number of aliphatic hydroxyl groups excluding tert-OH is 1. The number of aromatic nitrogens is 2. The van der Waals surface area contributed by atoms with Gasteiger partial charge in [-0.15, -0.1) is 0 Å². The van der Waals surface area contributed by atoms with Gasteiger partial charge in [-0.2, -0.15) is 5.10 Å². The Morgan fingerprint density at radius 2 is 2.25 bits per heavy atom. The van der Waals surface area contributed by atoms with Gasteiger partial charge in [0.1, 0.15) is 11.8 Å². The van der Waals surface area contributed by atoms with Gasteiger partial charge in [0.05, 0.1) is 18.3 Å². The Bertz CT molecular complexity index is 601. The number of hydrogen-bond acceptors (Lipinski definition) is 3. The summed E-state index contributed by atoms with van der Waals surface area (Å²) in [6.07, 6.45) is 1.74. The number of nitrogens with zero attached hydrogens (tertiary/aromatic N) is 2. The molecule has 1 unspecified atom stereocenters. The Balaban J connectivity index is 2.43. The number of benzene rings is 1. The monoisotopic (exact) mass is 406 g/mol. The minimum atomic E-state index is -0.812. The molecule has 2 rings (SSSR count). The Kier molecular flexibility index (Phi) is 5.29. The smallest absolute Gasteiger partial charge is 0.163 e. The standard InChI is InChI=1S/C14H16ClIN2O2/c1-3-6-18-13(12(20-2)8-17-18)14(19)9-4-5-11(16)10(15)7-9/h4-5,7-8,14,19H,3,6H2,1-2H3. The molecule has 0 saturated heterocycles. The fourth-order valence-electron chi connectivity index (χ4n) is 2.04. The predicted octanol–water partition coefficient (Wildman–Crippen LogP) is 3.64. The average Bonchev–Trinajstić information content (AvgIpc) is 2.84. The van der Waals surface area contributed by atoms with Crippen LogP contribution < -0.4 is 4.74 Å². The summed E-state index contributed by atoms with van der Waals surface area (Å²) in [4.78, 5) is 0. The molecule has 0 aliphatic carbocycles. The van der Waals surface area contributed by atoms with Crippen molar-refractivity contribution in [2.24, 2.45) is 0 Å². The van der Waals surface area contributed by atoms with Crippen molar-refractivity contribution in [2.75, 3.05) is 7.11 Å². The molecule has 0 amide bonds. The minimum Gasteiger partial charge on any atom is -0.493 e. The highest BCUT2D eigenvalue weighted by molar-refractivity contribution is 14.1. The second-order valence-corrected chi connectivity index (χ2v) is 5.97. The number of aliphatic hydroxyl groups is 1. The highest BCUT2D eigenvalue weighted by Gasteiger charge is 2.21. The van der Waals surface area contributed by atoms with E-state index in [2.05, 4.69) is 34.6 Å². The summed E-state index contributed by atoms with van der Waals surface area (Å²) in [7, 11) is 1.57. The molecule has 4 nitrogen and oxygen atoms in total. The van der Waals surface area contributed by atoms with Crippen molar-refractivity contribution < 1.29 is 9.84 Å². The summed E-state index contributed by atoms with van der Waals surface area (Å²) in [5.74, 6) is 0.584. The van der Waals surface area contributed by atoms with Crippen LogP contribution in [0.4, 0.5) is 0 Å². The van der Waals surface area contributed by atoms with Gasteiger partial charge in [-0.05, 0) is 46.7 Å². The summed E-state index contributed by atoms with van der Waals surface area (Å²) < 4.78 is 8.02. The first kappa shape index (κ1) is 15.6. The number of ether oxygens (including phenoxy) is 1. The number of halogens is 2. The van der Waals surface area contributed by atoms with Crippen LogP contribution in [0.5, 0.6) is 5.75 Å². The van der Waals surface area contributed by atoms with Gasteiger partial charge in [0.25, 0.3) is 0 Å². The molecule has 0 aliphatic heterocycles. The van der Waals surface area contributed by atoms with Gasteiger partial charge in [0.2, 0.25) is 0 Å². The summed E-state index contributed by atoms with van der Waals surface area (Å²) in [6, 6.07) is 5.52. The van der Waals surface area contributed by atoms with Crippen molar-refractivity contribution in [3.8, 4) is 5.75 Å². The molecule has 2 aromatic rings. The molecule has 0 radical (unpaired) electrons. The first-order valence-electron chi connectivity index (χ1n) is 6.31. The van der Waals surface area contributed by atoms with Gasteiger partial charge in [0.15, 0.2) is 5.75 Å². The minimum absolute atomic E-state index is 0.584. The van der Waals surface area contributed by atoms with E-state index in [1.54, 1.807) is 24.1 Å². The van der Waals surface area contributed by atoms with Crippen LogP contribution in [0, 0.1) is 3.57 Å². The molecular weight excluding hydrogens is 391 g/mol. The maximum atomic E-state index is 10.6. The average molecular weight is 407 g/mol. The first-order valence-corrected chi connectivity index (χ1v) is 7.76. The van der Waals surface area contributed by atoms with E-state index in [9.17, 15) is 5.11 Å². The van der Waals surface area contributed by atoms with E-state index in [1.165, 1.54) is 0 Å². The summed E-state index contributed by atoms with van der Waals surface area (Å²) >= 11 is 8.28. The Labute approximate surface area is 136 Å². The van der Waals surface area contributed by atoms with E-state index < -0.39 is 6.10 Å². The van der Waals surface area contributed by atoms with Crippen LogP contribution in [-0.4, -0.2) is 22.0 Å². The molecule has 0 bridgehead atoms. The van der Waals surface area contributed by atoms with Gasteiger partial charge >= 0.3 is 0 Å². The lowest BCUT2D eigenvalue weighted by Crippen LogP contribution is -2.11. The summed E-state index contributed by atoms with van der Waals surface area (Å²) in [6.45, 7) is 2.79. The fourth-order valence-corrected chi connectivity index (χ4v) is 2.57. The Hall–Kier alpha value is -0.790. The van der Waals surface area contributed by atoms with Crippen LogP contribution in [0.15, 0.2) is 24.4 Å². The number of methoxy groups -OCH3 is 1. The van der Waals surface area contributed by atoms with Crippen LogP contribution in [0.2, 0.25) is 5.02 Å². The molecule has 1 atom stereocenters. The third-order valence-corrected chi connectivity index (χ3v) is 4.59. The molecule has 0 fully saturated rings. The van der Waals surface area contributed by atoms with Crippen molar-refractivity contribution >= 4 is 34.2 Å². The van der Waals surface area contributed by atoms with Gasteiger partial charge in [-0.1, -0.05) is 24.6 Å². The fraction of sp³-hybridized carbons (Fsp3) is 0.357. The molecule has 6 heteroatoms. The third-order valence-electron chi connectivity index (χ3n) is 3.02. The van der Waals surface area contributed by atoms with Gasteiger partial charge in [-0.25, -0.2) is 0 Å². The summed E-state index contributed by atoms with van der Waals surface area (Å²) in [5, 5.41) is 15.5. The van der Waals surface area contributed by atoms with Gasteiger partial charge in [0, 0.05) is 10.1 Å². The van der Waals surface area contributed by atoms with Gasteiger partial charge in [-0.3, -0.25) is 4.68 Å². The van der Waals surface area contributed by atoms with Crippen molar-refractivity contribution in [3.05, 3.63) is 44.2 Å². The topological polar surface area (TPSA) is 47.3 Å². The Morgan fingerprint density at radius 3 is 2.85 bits per heavy atom. The number of rotatable bonds is 5. The largest absolute Gasteiger partial charge is 0.493 e. The van der Waals surface area contributed by atoms with Crippen LogP contribution in [-0.2, 0) is 6.54 Å². The van der Waals surface area contributed by atoms with E-state index in [4.69, 9.17) is 16.3 Å². The molecule has 1 heterocycles. The zero-order chi connectivity index (χ0) is 14.7. The normalized spacial score (nSPS) is 12.4. The van der Waals surface area contributed by atoms with Gasteiger partial charge < -0.3 is 9.84 Å². The van der Waals surface area contributed by atoms with E-state index in [1.807, 2.05) is 12.1 Å². The zero-order valence-electron chi connectivity index (χ0n) is 11.3. The van der Waals surface area contributed by atoms with Crippen LogP contribution in [0.3, 0.4) is 0 Å². The molecule has 1 aromatic heterocycles. The molecule has 0 spiro atoms. The molecule has 0 aliphatic rings. The first-order chi connectivity index (χ1) is 9.58. The second-order valence-electron chi connectivity index (χ2n) is 4.40. The number of aryl methyl sites for hydroxylation is 1. The van der Waals surface area contributed by atoms with Crippen molar-refractivity contribution in [3.63, 3.8) is 0 Å². The number of hydrogen-bond donors (Lipinski definition) is 1. The SMILES string of the molecule is CCCn1ncc(OC)c1C(O)c1ccc(I)c(Cl)c1. The van der Waals surface area contributed by atoms with E-state index in [-0.39, 0.29) is 0 Å². The third kappa shape index (κ3) is 3.10. The Morgan fingerprint density at radius 1 is 1.50 bits per heavy atom. The molecule has 0 saturated carbocycles. The highest BCUT2D eigenvalue weighted by Crippen LogP contribution is 2.32. The lowest BCUT2D eigenvalue weighted by atomic mass is 10.1. The summed E-state index contributed by atoms with van der Waals surface area (Å²) in [5.41, 5.74) is 1.39. The maximum Gasteiger partial charge on any atom is 0.163 e. The molecule has 1 aromatic carbocycles. The second kappa shape index (κ2) is 6.78. The van der Waals surface area contributed by atoms with E-state index in [0.717, 1.165) is 22.1 Å². The quantitative estimate of drug-likeness (QED) is 0.771. The maximum absolute atomic E-state index is 10.6. The molecule has 20 heavy (non-hydrogen) atoms. The lowest BCUT2D eigenvalue weighted by molar-refractivity contribution is 0.202. The molecule has 108 valence electrons. The van der Waals surface area contributed by atoms with Crippen molar-refractivity contribution in [1.29, 1.82) is 0 Å². The molecular formula is C14H16ClIN2O2. The van der Waals surface area contributed by atoms with E-state index >= 15 is 0 Å². The molecule has 1 N–H and O–H groups in total. The predicted molar refractivity (Wildman–Crippen MR) is 87.3 cm³/mol. The lowest BCUT2D eigenvalue weighted by Gasteiger charge is -2.15.